The molecule has 0 radical (unpaired) electrons. The van der Waals surface area contributed by atoms with E-state index >= 15 is 0 Å². The van der Waals surface area contributed by atoms with E-state index in [0.29, 0.717) is 13.1 Å². The number of benzene rings is 1. The molecule has 0 atom stereocenters. The molecular formula is C14H20FN3O. The molecule has 1 amide bonds. The smallest absolute Gasteiger partial charge is 0.234 e. The van der Waals surface area contributed by atoms with E-state index in [2.05, 4.69) is 10.2 Å². The quantitative estimate of drug-likeness (QED) is 0.849. The fourth-order valence-corrected chi connectivity index (χ4v) is 2.22. The van der Waals surface area contributed by atoms with Crippen LogP contribution >= 0.6 is 0 Å². The Balaban J connectivity index is 1.73. The average molecular weight is 265 g/mol. The lowest BCUT2D eigenvalue weighted by Gasteiger charge is -2.29. The summed E-state index contributed by atoms with van der Waals surface area (Å²) in [5.41, 5.74) is 6.59. The SMILES string of the molecule is NC1CCN(CC(=O)NCc2cccc(F)c2)CC1. The van der Waals surface area contributed by atoms with E-state index < -0.39 is 0 Å². The van der Waals surface area contributed by atoms with Gasteiger partial charge in [0, 0.05) is 25.7 Å². The number of amides is 1. The second-order valence-corrected chi connectivity index (χ2v) is 5.02. The van der Waals surface area contributed by atoms with Crippen LogP contribution in [0.3, 0.4) is 0 Å². The van der Waals surface area contributed by atoms with Gasteiger partial charge in [-0.3, -0.25) is 9.69 Å². The summed E-state index contributed by atoms with van der Waals surface area (Å²) in [4.78, 5) is 13.9. The van der Waals surface area contributed by atoms with Crippen molar-refractivity contribution in [1.82, 2.24) is 10.2 Å². The van der Waals surface area contributed by atoms with Gasteiger partial charge in [-0.2, -0.15) is 0 Å². The van der Waals surface area contributed by atoms with Gasteiger partial charge in [0.2, 0.25) is 5.91 Å². The van der Waals surface area contributed by atoms with Crippen molar-refractivity contribution in [1.29, 1.82) is 0 Å². The van der Waals surface area contributed by atoms with Crippen molar-refractivity contribution in [2.24, 2.45) is 5.73 Å². The highest BCUT2D eigenvalue weighted by atomic mass is 19.1. The Labute approximate surface area is 112 Å². The van der Waals surface area contributed by atoms with E-state index in [1.54, 1.807) is 12.1 Å². The summed E-state index contributed by atoms with van der Waals surface area (Å²) in [5, 5.41) is 2.81. The van der Waals surface area contributed by atoms with Gasteiger partial charge in [0.25, 0.3) is 0 Å². The lowest BCUT2D eigenvalue weighted by Crippen LogP contribution is -2.44. The molecule has 0 aliphatic carbocycles. The minimum Gasteiger partial charge on any atom is -0.351 e. The second-order valence-electron chi connectivity index (χ2n) is 5.02. The number of halogens is 1. The standard InChI is InChI=1S/C14H20FN3O/c15-12-3-1-2-11(8-12)9-17-14(19)10-18-6-4-13(16)5-7-18/h1-3,8,13H,4-7,9-10,16H2,(H,17,19). The van der Waals surface area contributed by atoms with Crippen molar-refractivity contribution >= 4 is 5.91 Å². The van der Waals surface area contributed by atoms with Crippen molar-refractivity contribution < 1.29 is 9.18 Å². The van der Waals surface area contributed by atoms with Gasteiger partial charge in [-0.1, -0.05) is 12.1 Å². The molecule has 1 aromatic rings. The summed E-state index contributed by atoms with van der Waals surface area (Å²) in [6.45, 7) is 2.50. The number of likely N-dealkylation sites (tertiary alicyclic amines) is 1. The first-order valence-electron chi connectivity index (χ1n) is 6.62. The van der Waals surface area contributed by atoms with Gasteiger partial charge in [-0.05, 0) is 30.5 Å². The predicted molar refractivity (Wildman–Crippen MR) is 71.9 cm³/mol. The molecule has 1 saturated heterocycles. The van der Waals surface area contributed by atoms with E-state index in [9.17, 15) is 9.18 Å². The van der Waals surface area contributed by atoms with Gasteiger partial charge in [0.15, 0.2) is 0 Å². The molecule has 19 heavy (non-hydrogen) atoms. The maximum atomic E-state index is 13.0. The third-order valence-electron chi connectivity index (χ3n) is 3.38. The highest BCUT2D eigenvalue weighted by Gasteiger charge is 2.17. The molecule has 1 fully saturated rings. The zero-order valence-electron chi connectivity index (χ0n) is 10.9. The van der Waals surface area contributed by atoms with E-state index in [-0.39, 0.29) is 17.8 Å². The van der Waals surface area contributed by atoms with Crippen LogP contribution in [-0.4, -0.2) is 36.5 Å². The molecule has 0 spiro atoms. The molecular weight excluding hydrogens is 245 g/mol. The summed E-state index contributed by atoms with van der Waals surface area (Å²) < 4.78 is 13.0. The van der Waals surface area contributed by atoms with Crippen LogP contribution < -0.4 is 11.1 Å². The van der Waals surface area contributed by atoms with Gasteiger partial charge in [0.1, 0.15) is 5.82 Å². The number of carbonyl (C=O) groups excluding carboxylic acids is 1. The Hall–Kier alpha value is -1.46. The first-order valence-corrected chi connectivity index (χ1v) is 6.62. The Bertz CT molecular complexity index is 430. The van der Waals surface area contributed by atoms with Crippen LogP contribution in [0.25, 0.3) is 0 Å². The van der Waals surface area contributed by atoms with Crippen molar-refractivity contribution in [2.45, 2.75) is 25.4 Å². The first kappa shape index (κ1) is 14.0. The number of rotatable bonds is 4. The highest BCUT2D eigenvalue weighted by Crippen LogP contribution is 2.07. The first-order chi connectivity index (χ1) is 9.13. The minimum absolute atomic E-state index is 0.0280. The van der Waals surface area contributed by atoms with Gasteiger partial charge in [-0.15, -0.1) is 0 Å². The molecule has 0 saturated carbocycles. The maximum absolute atomic E-state index is 13.0. The molecule has 2 rings (SSSR count). The highest BCUT2D eigenvalue weighted by molar-refractivity contribution is 5.78. The molecule has 1 aliphatic heterocycles. The molecule has 4 nitrogen and oxygen atoms in total. The van der Waals surface area contributed by atoms with E-state index in [1.807, 2.05) is 0 Å². The zero-order valence-corrected chi connectivity index (χ0v) is 10.9. The predicted octanol–water partition coefficient (Wildman–Crippen LogP) is 0.865. The third-order valence-corrected chi connectivity index (χ3v) is 3.38. The zero-order chi connectivity index (χ0) is 13.7. The van der Waals surface area contributed by atoms with Gasteiger partial charge in [-0.25, -0.2) is 4.39 Å². The molecule has 5 heteroatoms. The van der Waals surface area contributed by atoms with Crippen molar-refractivity contribution in [3.8, 4) is 0 Å². The average Bonchev–Trinajstić information content (AvgIpc) is 2.39. The van der Waals surface area contributed by atoms with Crippen LogP contribution in [0.5, 0.6) is 0 Å². The number of nitrogens with one attached hydrogen (secondary N) is 1. The normalized spacial score (nSPS) is 17.4. The third kappa shape index (κ3) is 4.61. The summed E-state index contributed by atoms with van der Waals surface area (Å²) in [5.74, 6) is -0.309. The molecule has 104 valence electrons. The van der Waals surface area contributed by atoms with Crippen molar-refractivity contribution in [3.63, 3.8) is 0 Å². The molecule has 1 aliphatic rings. The van der Waals surface area contributed by atoms with E-state index in [0.717, 1.165) is 31.5 Å². The molecule has 0 unspecified atom stereocenters. The Kier molecular flexibility index (Phi) is 4.87. The van der Waals surface area contributed by atoms with Crippen LogP contribution in [0.2, 0.25) is 0 Å². The van der Waals surface area contributed by atoms with Crippen LogP contribution in [0.1, 0.15) is 18.4 Å². The minimum atomic E-state index is -0.281. The van der Waals surface area contributed by atoms with Crippen molar-refractivity contribution in [2.75, 3.05) is 19.6 Å². The van der Waals surface area contributed by atoms with E-state index in [1.165, 1.54) is 12.1 Å². The second kappa shape index (κ2) is 6.63. The monoisotopic (exact) mass is 265 g/mol. The molecule has 3 N–H and O–H groups in total. The van der Waals surface area contributed by atoms with Crippen LogP contribution in [0.15, 0.2) is 24.3 Å². The number of hydrogen-bond acceptors (Lipinski definition) is 3. The summed E-state index contributed by atoms with van der Waals surface area (Å²) in [6, 6.07) is 6.53. The number of piperidine rings is 1. The molecule has 0 bridgehead atoms. The fourth-order valence-electron chi connectivity index (χ4n) is 2.22. The topological polar surface area (TPSA) is 58.4 Å². The summed E-state index contributed by atoms with van der Waals surface area (Å²) >= 11 is 0. The number of hydrogen-bond donors (Lipinski definition) is 2. The van der Waals surface area contributed by atoms with Gasteiger partial charge in [0.05, 0.1) is 6.54 Å². The molecule has 1 aromatic carbocycles. The van der Waals surface area contributed by atoms with Crippen LogP contribution in [0, 0.1) is 5.82 Å². The van der Waals surface area contributed by atoms with Crippen molar-refractivity contribution in [3.05, 3.63) is 35.6 Å². The number of nitrogens with two attached hydrogens (primary N) is 1. The number of carbonyl (C=O) groups is 1. The van der Waals surface area contributed by atoms with Crippen LogP contribution in [-0.2, 0) is 11.3 Å². The van der Waals surface area contributed by atoms with Gasteiger partial charge < -0.3 is 11.1 Å². The largest absolute Gasteiger partial charge is 0.351 e. The Morgan fingerprint density at radius 3 is 2.84 bits per heavy atom. The lowest BCUT2D eigenvalue weighted by atomic mass is 10.1. The molecule has 0 aromatic heterocycles. The summed E-state index contributed by atoms with van der Waals surface area (Å²) in [7, 11) is 0. The lowest BCUT2D eigenvalue weighted by molar-refractivity contribution is -0.122. The van der Waals surface area contributed by atoms with Crippen LogP contribution in [0.4, 0.5) is 4.39 Å². The Morgan fingerprint density at radius 2 is 2.16 bits per heavy atom. The van der Waals surface area contributed by atoms with Gasteiger partial charge >= 0.3 is 0 Å². The Morgan fingerprint density at radius 1 is 1.42 bits per heavy atom. The fraction of sp³-hybridized carbons (Fsp3) is 0.500. The summed E-state index contributed by atoms with van der Waals surface area (Å²) in [6.07, 6.45) is 1.88. The molecule has 1 heterocycles. The number of nitrogens with zero attached hydrogens (tertiary/aromatic N) is 1. The maximum Gasteiger partial charge on any atom is 0.234 e. The van der Waals surface area contributed by atoms with E-state index in [4.69, 9.17) is 5.73 Å².